The molecule has 2 unspecified atom stereocenters. The molecule has 1 aliphatic rings. The van der Waals surface area contributed by atoms with E-state index in [-0.39, 0.29) is 29.0 Å². The minimum absolute atomic E-state index is 0.00977. The maximum Gasteiger partial charge on any atom is 0.305 e. The van der Waals surface area contributed by atoms with Crippen LogP contribution in [0.2, 0.25) is 0 Å². The summed E-state index contributed by atoms with van der Waals surface area (Å²) < 4.78 is -0.369. The van der Waals surface area contributed by atoms with Crippen LogP contribution in [0, 0.1) is 5.92 Å². The Hall–Kier alpha value is -0.710. The Bertz CT molecular complexity index is 298. The van der Waals surface area contributed by atoms with Crippen molar-refractivity contribution in [2.24, 2.45) is 5.92 Å². The molecule has 1 fully saturated rings. The summed E-state index contributed by atoms with van der Waals surface area (Å²) in [6.07, 6.45) is 1.92. The van der Waals surface area contributed by atoms with E-state index in [1.807, 2.05) is 20.8 Å². The first-order valence-corrected chi connectivity index (χ1v) is 7.00. The van der Waals surface area contributed by atoms with Crippen molar-refractivity contribution in [2.75, 3.05) is 5.75 Å². The molecule has 2 N–H and O–H groups in total. The van der Waals surface area contributed by atoms with Crippen molar-refractivity contribution in [3.63, 3.8) is 0 Å². The van der Waals surface area contributed by atoms with Crippen molar-refractivity contribution in [1.82, 2.24) is 5.32 Å². The van der Waals surface area contributed by atoms with Gasteiger partial charge in [0.1, 0.15) is 0 Å². The molecule has 98 valence electrons. The molecular formula is C12H21NO3S. The van der Waals surface area contributed by atoms with Gasteiger partial charge in [-0.15, -0.1) is 11.8 Å². The van der Waals surface area contributed by atoms with E-state index in [1.54, 1.807) is 11.8 Å². The Morgan fingerprint density at radius 3 is 2.53 bits per heavy atom. The zero-order chi connectivity index (χ0) is 13.1. The lowest BCUT2D eigenvalue weighted by molar-refractivity contribution is -0.138. The van der Waals surface area contributed by atoms with Crippen LogP contribution < -0.4 is 5.32 Å². The van der Waals surface area contributed by atoms with Crippen molar-refractivity contribution in [2.45, 2.75) is 50.8 Å². The van der Waals surface area contributed by atoms with Crippen LogP contribution in [0.5, 0.6) is 0 Å². The highest BCUT2D eigenvalue weighted by atomic mass is 32.2. The fourth-order valence-corrected chi connectivity index (χ4v) is 3.14. The molecule has 4 nitrogen and oxygen atoms in total. The van der Waals surface area contributed by atoms with Crippen LogP contribution >= 0.6 is 11.8 Å². The fraction of sp³-hybridized carbons (Fsp3) is 0.833. The summed E-state index contributed by atoms with van der Waals surface area (Å²) in [6, 6.07) is -0.280. The van der Waals surface area contributed by atoms with Crippen LogP contribution in [-0.2, 0) is 9.59 Å². The van der Waals surface area contributed by atoms with Gasteiger partial charge in [0, 0.05) is 6.04 Å². The van der Waals surface area contributed by atoms with Gasteiger partial charge >= 0.3 is 5.97 Å². The predicted molar refractivity (Wildman–Crippen MR) is 69.1 cm³/mol. The molecule has 0 bridgehead atoms. The quantitative estimate of drug-likeness (QED) is 0.791. The second kappa shape index (κ2) is 5.76. The van der Waals surface area contributed by atoms with Gasteiger partial charge in [0.15, 0.2) is 0 Å². The van der Waals surface area contributed by atoms with Crippen molar-refractivity contribution in [1.29, 1.82) is 0 Å². The SMILES string of the molecule is CC(C)C(CC(=O)O)NC(=O)C1(C)CCCS1. The number of carboxylic acid groups (broad SMARTS) is 1. The highest BCUT2D eigenvalue weighted by molar-refractivity contribution is 8.01. The second-order valence-electron chi connectivity index (χ2n) is 5.10. The van der Waals surface area contributed by atoms with E-state index in [0.717, 1.165) is 18.6 Å². The number of hydrogen-bond acceptors (Lipinski definition) is 3. The second-order valence-corrected chi connectivity index (χ2v) is 6.70. The zero-order valence-corrected chi connectivity index (χ0v) is 11.5. The topological polar surface area (TPSA) is 66.4 Å². The van der Waals surface area contributed by atoms with Crippen molar-refractivity contribution in [3.05, 3.63) is 0 Å². The van der Waals surface area contributed by atoms with E-state index in [9.17, 15) is 9.59 Å². The summed E-state index contributed by atoms with van der Waals surface area (Å²) in [7, 11) is 0. The average molecular weight is 259 g/mol. The third-order valence-electron chi connectivity index (χ3n) is 3.21. The maximum absolute atomic E-state index is 12.1. The van der Waals surface area contributed by atoms with E-state index < -0.39 is 5.97 Å². The minimum Gasteiger partial charge on any atom is -0.481 e. The zero-order valence-electron chi connectivity index (χ0n) is 10.7. The molecule has 2 atom stereocenters. The molecule has 0 saturated carbocycles. The summed E-state index contributed by atoms with van der Waals surface area (Å²) in [6.45, 7) is 5.80. The molecule has 0 spiro atoms. The molecule has 1 amide bonds. The molecular weight excluding hydrogens is 238 g/mol. The van der Waals surface area contributed by atoms with E-state index in [4.69, 9.17) is 5.11 Å². The highest BCUT2D eigenvalue weighted by Gasteiger charge is 2.38. The van der Waals surface area contributed by atoms with E-state index in [0.29, 0.717) is 0 Å². The first-order chi connectivity index (χ1) is 7.85. The predicted octanol–water partition coefficient (Wildman–Crippen LogP) is 1.89. The number of aliphatic carboxylic acids is 1. The Kier molecular flexibility index (Phi) is 4.86. The molecule has 0 aromatic carbocycles. The lowest BCUT2D eigenvalue weighted by atomic mass is 9.98. The number of amides is 1. The number of rotatable bonds is 5. The number of thioether (sulfide) groups is 1. The van der Waals surface area contributed by atoms with Gasteiger partial charge in [-0.05, 0) is 31.4 Å². The maximum atomic E-state index is 12.1. The van der Waals surface area contributed by atoms with Crippen LogP contribution in [0.25, 0.3) is 0 Å². The summed E-state index contributed by atoms with van der Waals surface area (Å²) in [5.74, 6) is 0.257. The van der Waals surface area contributed by atoms with Crippen molar-refractivity contribution < 1.29 is 14.7 Å². The molecule has 5 heteroatoms. The van der Waals surface area contributed by atoms with Gasteiger partial charge in [0.05, 0.1) is 11.2 Å². The lowest BCUT2D eigenvalue weighted by Crippen LogP contribution is -2.48. The summed E-state index contributed by atoms with van der Waals surface area (Å²) >= 11 is 1.67. The monoisotopic (exact) mass is 259 g/mol. The smallest absolute Gasteiger partial charge is 0.305 e. The Balaban J connectivity index is 2.60. The van der Waals surface area contributed by atoms with E-state index >= 15 is 0 Å². The largest absolute Gasteiger partial charge is 0.481 e. The van der Waals surface area contributed by atoms with Crippen LogP contribution in [0.3, 0.4) is 0 Å². The molecule has 1 saturated heterocycles. The number of hydrogen-bond donors (Lipinski definition) is 2. The van der Waals surface area contributed by atoms with Crippen LogP contribution in [-0.4, -0.2) is 33.5 Å². The molecule has 0 radical (unpaired) electrons. The molecule has 0 aliphatic carbocycles. The minimum atomic E-state index is -0.867. The first kappa shape index (κ1) is 14.4. The van der Waals surface area contributed by atoms with Gasteiger partial charge < -0.3 is 10.4 Å². The Morgan fingerprint density at radius 2 is 2.12 bits per heavy atom. The number of carbonyl (C=O) groups excluding carboxylic acids is 1. The fourth-order valence-electron chi connectivity index (χ4n) is 1.92. The Morgan fingerprint density at radius 1 is 1.47 bits per heavy atom. The van der Waals surface area contributed by atoms with E-state index in [1.165, 1.54) is 0 Å². The summed E-state index contributed by atoms with van der Waals surface area (Å²) in [5.41, 5.74) is 0. The van der Waals surface area contributed by atoms with Gasteiger partial charge in [-0.2, -0.15) is 0 Å². The van der Waals surface area contributed by atoms with E-state index in [2.05, 4.69) is 5.32 Å². The van der Waals surface area contributed by atoms with Crippen molar-refractivity contribution >= 4 is 23.6 Å². The van der Waals surface area contributed by atoms with Gasteiger partial charge in [0.25, 0.3) is 0 Å². The molecule has 1 heterocycles. The number of carbonyl (C=O) groups is 2. The van der Waals surface area contributed by atoms with Gasteiger partial charge in [-0.1, -0.05) is 13.8 Å². The highest BCUT2D eigenvalue weighted by Crippen LogP contribution is 2.38. The average Bonchev–Trinajstić information content (AvgIpc) is 2.64. The number of carboxylic acids is 1. The molecule has 1 rings (SSSR count). The van der Waals surface area contributed by atoms with Crippen LogP contribution in [0.15, 0.2) is 0 Å². The lowest BCUT2D eigenvalue weighted by Gasteiger charge is -2.27. The van der Waals surface area contributed by atoms with Crippen LogP contribution in [0.1, 0.15) is 40.0 Å². The molecule has 1 aliphatic heterocycles. The summed E-state index contributed by atoms with van der Waals surface area (Å²) in [4.78, 5) is 22.9. The third kappa shape index (κ3) is 3.91. The summed E-state index contributed by atoms with van der Waals surface area (Å²) in [5, 5.41) is 11.7. The van der Waals surface area contributed by atoms with Crippen LogP contribution in [0.4, 0.5) is 0 Å². The van der Waals surface area contributed by atoms with Gasteiger partial charge in [-0.3, -0.25) is 9.59 Å². The molecule has 0 aromatic rings. The third-order valence-corrected chi connectivity index (χ3v) is 4.73. The molecule has 17 heavy (non-hydrogen) atoms. The number of nitrogens with one attached hydrogen (secondary N) is 1. The normalized spacial score (nSPS) is 25.9. The Labute approximate surface area is 107 Å². The van der Waals surface area contributed by atoms with Crippen molar-refractivity contribution in [3.8, 4) is 0 Å². The molecule has 0 aromatic heterocycles. The van der Waals surface area contributed by atoms with Gasteiger partial charge in [0.2, 0.25) is 5.91 Å². The van der Waals surface area contributed by atoms with Gasteiger partial charge in [-0.25, -0.2) is 0 Å². The standard InChI is InChI=1S/C12H21NO3S/c1-8(2)9(7-10(14)15)13-11(16)12(3)5-4-6-17-12/h8-9H,4-7H2,1-3H3,(H,13,16)(H,14,15). The first-order valence-electron chi connectivity index (χ1n) is 6.02.